The van der Waals surface area contributed by atoms with Gasteiger partial charge in [-0.25, -0.2) is 15.0 Å². The summed E-state index contributed by atoms with van der Waals surface area (Å²) in [5.74, 6) is -2.62. The van der Waals surface area contributed by atoms with Gasteiger partial charge in [0.05, 0.1) is 11.6 Å². The monoisotopic (exact) mass is 397 g/mol. The number of aliphatic hydroxyl groups excluding tert-OH is 1. The maximum absolute atomic E-state index is 13.5. The number of halogens is 3. The lowest BCUT2D eigenvalue weighted by Gasteiger charge is -2.40. The van der Waals surface area contributed by atoms with Crippen LogP contribution in [0.25, 0.3) is 11.2 Å². The zero-order valence-corrected chi connectivity index (χ0v) is 15.5. The number of nitrogens with zero attached hydrogens (tertiary/aromatic N) is 4. The summed E-state index contributed by atoms with van der Waals surface area (Å²) >= 11 is 0. The quantitative estimate of drug-likeness (QED) is 0.819. The van der Waals surface area contributed by atoms with Gasteiger partial charge in [-0.3, -0.25) is 4.79 Å². The molecule has 0 aromatic carbocycles. The van der Waals surface area contributed by atoms with Gasteiger partial charge in [0.1, 0.15) is 11.6 Å². The standard InChI is InChI=1S/C18H22F3N5O2/c1-10(2)15(27)17(28)25-12-7-11(18(19,20)21)8-26(9-12)13-3-4-23-16-14(13)22-5-6-24-16/h3-6,10-12,15,27H,7-9H2,1-2H3,(H,25,28)/t11-,12+,15-/m0/s1. The Morgan fingerprint density at radius 3 is 2.57 bits per heavy atom. The van der Waals surface area contributed by atoms with Crippen molar-refractivity contribution < 1.29 is 23.1 Å². The molecule has 1 fully saturated rings. The van der Waals surface area contributed by atoms with E-state index < -0.39 is 30.1 Å². The van der Waals surface area contributed by atoms with Gasteiger partial charge in [-0.1, -0.05) is 13.8 Å². The number of fused-ring (bicyclic) bond motifs is 1. The molecule has 0 radical (unpaired) electrons. The zero-order chi connectivity index (χ0) is 20.5. The molecule has 1 saturated heterocycles. The highest BCUT2D eigenvalue weighted by atomic mass is 19.4. The van der Waals surface area contributed by atoms with Crippen molar-refractivity contribution in [1.82, 2.24) is 20.3 Å². The van der Waals surface area contributed by atoms with E-state index in [-0.39, 0.29) is 25.4 Å². The van der Waals surface area contributed by atoms with E-state index >= 15 is 0 Å². The van der Waals surface area contributed by atoms with Crippen molar-refractivity contribution in [2.24, 2.45) is 11.8 Å². The van der Waals surface area contributed by atoms with Gasteiger partial charge in [-0.2, -0.15) is 13.2 Å². The van der Waals surface area contributed by atoms with Crippen LogP contribution in [0.5, 0.6) is 0 Å². The fourth-order valence-corrected chi connectivity index (χ4v) is 3.35. The number of aromatic nitrogens is 3. The maximum Gasteiger partial charge on any atom is 0.393 e. The molecule has 2 aromatic heterocycles. The number of amides is 1. The lowest BCUT2D eigenvalue weighted by atomic mass is 9.92. The highest BCUT2D eigenvalue weighted by molar-refractivity contribution is 5.85. The summed E-state index contributed by atoms with van der Waals surface area (Å²) in [4.78, 5) is 26.1. The minimum atomic E-state index is -4.41. The van der Waals surface area contributed by atoms with E-state index in [0.717, 1.165) is 0 Å². The molecule has 1 amide bonds. The maximum atomic E-state index is 13.5. The fourth-order valence-electron chi connectivity index (χ4n) is 3.35. The molecular weight excluding hydrogens is 375 g/mol. The van der Waals surface area contributed by atoms with Crippen LogP contribution in [-0.4, -0.2) is 57.4 Å². The van der Waals surface area contributed by atoms with Crippen molar-refractivity contribution in [2.45, 2.75) is 38.6 Å². The molecule has 28 heavy (non-hydrogen) atoms. The van der Waals surface area contributed by atoms with Crippen molar-refractivity contribution in [3.63, 3.8) is 0 Å². The highest BCUT2D eigenvalue weighted by Crippen LogP contribution is 2.36. The minimum absolute atomic E-state index is 0.165. The Labute approximate surface area is 160 Å². The van der Waals surface area contributed by atoms with Crippen molar-refractivity contribution in [1.29, 1.82) is 0 Å². The molecule has 0 saturated carbocycles. The topological polar surface area (TPSA) is 91.2 Å². The summed E-state index contributed by atoms with van der Waals surface area (Å²) < 4.78 is 40.5. The zero-order valence-electron chi connectivity index (χ0n) is 15.5. The third-order valence-corrected chi connectivity index (χ3v) is 4.85. The van der Waals surface area contributed by atoms with E-state index in [4.69, 9.17) is 0 Å². The van der Waals surface area contributed by atoms with Gasteiger partial charge in [0.2, 0.25) is 5.91 Å². The summed E-state index contributed by atoms with van der Waals surface area (Å²) in [5.41, 5.74) is 1.22. The number of piperidine rings is 1. The average molecular weight is 397 g/mol. The molecule has 1 aliphatic rings. The minimum Gasteiger partial charge on any atom is -0.383 e. The molecule has 1 aliphatic heterocycles. The summed E-state index contributed by atoms with van der Waals surface area (Å²) in [7, 11) is 0. The van der Waals surface area contributed by atoms with E-state index in [0.29, 0.717) is 16.9 Å². The second kappa shape index (κ2) is 7.86. The van der Waals surface area contributed by atoms with E-state index in [1.807, 2.05) is 0 Å². The largest absolute Gasteiger partial charge is 0.393 e. The Morgan fingerprint density at radius 1 is 1.21 bits per heavy atom. The third kappa shape index (κ3) is 4.32. The van der Waals surface area contributed by atoms with E-state index in [9.17, 15) is 23.1 Å². The van der Waals surface area contributed by atoms with Gasteiger partial charge in [-0.15, -0.1) is 0 Å². The second-order valence-electron chi connectivity index (χ2n) is 7.33. The van der Waals surface area contributed by atoms with E-state index in [1.165, 1.54) is 18.6 Å². The number of rotatable bonds is 4. The van der Waals surface area contributed by atoms with Crippen LogP contribution in [0.1, 0.15) is 20.3 Å². The first-order chi connectivity index (χ1) is 13.2. The van der Waals surface area contributed by atoms with Crippen molar-refractivity contribution in [3.05, 3.63) is 24.7 Å². The van der Waals surface area contributed by atoms with Crippen LogP contribution in [0.2, 0.25) is 0 Å². The number of carbonyl (C=O) groups excluding carboxylic acids is 1. The van der Waals surface area contributed by atoms with Crippen LogP contribution >= 0.6 is 0 Å². The highest BCUT2D eigenvalue weighted by Gasteiger charge is 2.45. The average Bonchev–Trinajstić information content (AvgIpc) is 2.65. The number of pyridine rings is 1. The molecule has 0 spiro atoms. The van der Waals surface area contributed by atoms with Crippen LogP contribution < -0.4 is 10.2 Å². The van der Waals surface area contributed by atoms with Crippen molar-refractivity contribution in [2.75, 3.05) is 18.0 Å². The second-order valence-corrected chi connectivity index (χ2v) is 7.33. The SMILES string of the molecule is CC(C)[C@H](O)C(=O)N[C@@H]1C[C@H](C(F)(F)F)CN(c2ccnc3nccnc23)C1. The molecule has 0 bridgehead atoms. The van der Waals surface area contributed by atoms with Crippen LogP contribution in [-0.2, 0) is 4.79 Å². The number of aliphatic hydroxyl groups is 1. The molecule has 7 nitrogen and oxygen atoms in total. The number of carbonyl (C=O) groups is 1. The molecule has 2 aromatic rings. The summed E-state index contributed by atoms with van der Waals surface area (Å²) in [5, 5.41) is 12.5. The Bertz CT molecular complexity index is 840. The van der Waals surface area contributed by atoms with Gasteiger partial charge < -0.3 is 15.3 Å². The van der Waals surface area contributed by atoms with Gasteiger partial charge >= 0.3 is 6.18 Å². The lowest BCUT2D eigenvalue weighted by molar-refractivity contribution is -0.178. The molecule has 3 rings (SSSR count). The molecule has 2 N–H and O–H groups in total. The van der Waals surface area contributed by atoms with Crippen LogP contribution in [0.15, 0.2) is 24.7 Å². The molecule has 152 valence electrons. The first-order valence-corrected chi connectivity index (χ1v) is 9.02. The fraction of sp³-hybridized carbons (Fsp3) is 0.556. The van der Waals surface area contributed by atoms with Crippen molar-refractivity contribution >= 4 is 22.8 Å². The Kier molecular flexibility index (Phi) is 5.69. The van der Waals surface area contributed by atoms with E-state index in [1.54, 1.807) is 24.8 Å². The molecule has 3 atom stereocenters. The summed E-state index contributed by atoms with van der Waals surface area (Å²) in [6, 6.07) is 0.832. The van der Waals surface area contributed by atoms with E-state index in [2.05, 4.69) is 20.3 Å². The van der Waals surface area contributed by atoms with Crippen LogP contribution in [0, 0.1) is 11.8 Å². The number of anilines is 1. The molecule has 3 heterocycles. The predicted molar refractivity (Wildman–Crippen MR) is 96.5 cm³/mol. The molecular formula is C18H22F3N5O2. The first kappa shape index (κ1) is 20.2. The summed E-state index contributed by atoms with van der Waals surface area (Å²) in [6.45, 7) is 3.24. The number of hydrogen-bond acceptors (Lipinski definition) is 6. The van der Waals surface area contributed by atoms with Gasteiger partial charge in [0, 0.05) is 37.7 Å². The van der Waals surface area contributed by atoms with Crippen LogP contribution in [0.4, 0.5) is 18.9 Å². The number of nitrogens with one attached hydrogen (secondary N) is 1. The molecule has 10 heteroatoms. The predicted octanol–water partition coefficient (Wildman–Crippen LogP) is 1.92. The number of alkyl halides is 3. The van der Waals surface area contributed by atoms with Crippen LogP contribution in [0.3, 0.4) is 0 Å². The Hall–Kier alpha value is -2.49. The lowest BCUT2D eigenvalue weighted by Crippen LogP contribution is -2.55. The molecule has 0 aliphatic carbocycles. The smallest absolute Gasteiger partial charge is 0.383 e. The molecule has 0 unspecified atom stereocenters. The van der Waals surface area contributed by atoms with Gasteiger partial charge in [-0.05, 0) is 18.4 Å². The third-order valence-electron chi connectivity index (χ3n) is 4.85. The van der Waals surface area contributed by atoms with Gasteiger partial charge in [0.25, 0.3) is 0 Å². The Morgan fingerprint density at radius 2 is 1.89 bits per heavy atom. The summed E-state index contributed by atoms with van der Waals surface area (Å²) in [6.07, 6.45) is -1.54. The number of hydrogen-bond donors (Lipinski definition) is 2. The van der Waals surface area contributed by atoms with Crippen molar-refractivity contribution in [3.8, 4) is 0 Å². The first-order valence-electron chi connectivity index (χ1n) is 9.02. The van der Waals surface area contributed by atoms with Gasteiger partial charge in [0.15, 0.2) is 5.65 Å². The Balaban J connectivity index is 1.89. The normalized spacial score (nSPS) is 21.8.